The van der Waals surface area contributed by atoms with Gasteiger partial charge in [-0.3, -0.25) is 4.99 Å². The molecule has 0 fully saturated rings. The summed E-state index contributed by atoms with van der Waals surface area (Å²) in [7, 11) is 0. The number of aliphatic imine (C=N–C) groups is 1. The van der Waals surface area contributed by atoms with Crippen LogP contribution in [0, 0.1) is 17.0 Å². The van der Waals surface area contributed by atoms with Crippen molar-refractivity contribution >= 4 is 22.6 Å². The number of hydrogen-bond acceptors (Lipinski definition) is 3. The maximum absolute atomic E-state index is 13.5. The first-order chi connectivity index (χ1) is 8.83. The highest BCUT2D eigenvalue weighted by atomic mass is 32.2. The maximum Gasteiger partial charge on any atom is 0.161 e. The molecule has 0 aliphatic carbocycles. The van der Waals surface area contributed by atoms with Gasteiger partial charge in [0, 0.05) is 11.3 Å². The van der Waals surface area contributed by atoms with Crippen LogP contribution in [0.15, 0.2) is 23.2 Å². The van der Waals surface area contributed by atoms with E-state index < -0.39 is 11.6 Å². The van der Waals surface area contributed by atoms with E-state index >= 15 is 0 Å². The van der Waals surface area contributed by atoms with Crippen molar-refractivity contribution in [1.29, 1.82) is 0 Å². The lowest BCUT2D eigenvalue weighted by Gasteiger charge is -2.21. The lowest BCUT2D eigenvalue weighted by molar-refractivity contribution is 0.375. The Balaban J connectivity index is 1.97. The Hall–Kier alpha value is -1.10. The van der Waals surface area contributed by atoms with Crippen LogP contribution in [0.4, 0.5) is 14.5 Å². The van der Waals surface area contributed by atoms with Gasteiger partial charge in [0.25, 0.3) is 0 Å². The van der Waals surface area contributed by atoms with Crippen molar-refractivity contribution in [2.45, 2.75) is 32.4 Å². The molecule has 104 valence electrons. The van der Waals surface area contributed by atoms with Gasteiger partial charge in [-0.1, -0.05) is 32.5 Å². The molecule has 1 heterocycles. The average molecular weight is 284 g/mol. The molecule has 2 rings (SSSR count). The minimum absolute atomic E-state index is 0.141. The van der Waals surface area contributed by atoms with E-state index in [4.69, 9.17) is 0 Å². The number of benzene rings is 1. The molecule has 19 heavy (non-hydrogen) atoms. The lowest BCUT2D eigenvalue weighted by Crippen LogP contribution is -2.16. The summed E-state index contributed by atoms with van der Waals surface area (Å²) in [6, 6.07) is 3.37. The molecule has 0 saturated carbocycles. The van der Waals surface area contributed by atoms with E-state index in [-0.39, 0.29) is 11.1 Å². The number of nitrogens with zero attached hydrogens (tertiary/aromatic N) is 1. The number of amidine groups is 1. The molecular formula is C14H18F2N2S. The zero-order valence-corrected chi connectivity index (χ0v) is 12.2. The number of hydrogen-bond donors (Lipinski definition) is 1. The summed E-state index contributed by atoms with van der Waals surface area (Å²) in [5.41, 5.74) is 0.384. The second-order valence-electron chi connectivity index (χ2n) is 5.90. The van der Waals surface area contributed by atoms with Gasteiger partial charge >= 0.3 is 0 Å². The Bertz CT molecular complexity index is 495. The Morgan fingerprint density at radius 3 is 2.79 bits per heavy atom. The highest BCUT2D eigenvalue weighted by molar-refractivity contribution is 8.15. The Morgan fingerprint density at radius 2 is 2.11 bits per heavy atom. The predicted octanol–water partition coefficient (Wildman–Crippen LogP) is 4.28. The van der Waals surface area contributed by atoms with E-state index in [9.17, 15) is 8.78 Å². The molecule has 0 saturated heterocycles. The van der Waals surface area contributed by atoms with Crippen LogP contribution >= 0.6 is 11.8 Å². The first-order valence-corrected chi connectivity index (χ1v) is 7.15. The summed E-state index contributed by atoms with van der Waals surface area (Å²) in [6.45, 7) is 7.28. The lowest BCUT2D eigenvalue weighted by atomic mass is 9.90. The third-order valence-electron chi connectivity index (χ3n) is 2.73. The summed E-state index contributed by atoms with van der Waals surface area (Å²) in [5, 5.41) is 3.93. The van der Waals surface area contributed by atoms with Crippen molar-refractivity contribution in [2.24, 2.45) is 10.4 Å². The molecule has 0 aromatic heterocycles. The summed E-state index contributed by atoms with van der Waals surface area (Å²) in [6.07, 6.45) is 1.04. The Kier molecular flexibility index (Phi) is 4.13. The molecule has 0 radical (unpaired) electrons. The normalized spacial score (nSPS) is 19.4. The molecule has 1 aromatic carbocycles. The second-order valence-corrected chi connectivity index (χ2v) is 7.19. The third-order valence-corrected chi connectivity index (χ3v) is 3.83. The maximum atomic E-state index is 13.5. The van der Waals surface area contributed by atoms with E-state index in [2.05, 4.69) is 31.1 Å². The molecule has 2 nitrogen and oxygen atoms in total. The molecule has 1 N–H and O–H groups in total. The molecule has 0 amide bonds. The van der Waals surface area contributed by atoms with Crippen LogP contribution in [-0.4, -0.2) is 17.0 Å². The van der Waals surface area contributed by atoms with Crippen LogP contribution < -0.4 is 5.32 Å². The van der Waals surface area contributed by atoms with Crippen molar-refractivity contribution in [1.82, 2.24) is 0 Å². The first-order valence-electron chi connectivity index (χ1n) is 6.27. The van der Waals surface area contributed by atoms with Crippen LogP contribution in [0.3, 0.4) is 0 Å². The fourth-order valence-corrected chi connectivity index (χ4v) is 3.35. The van der Waals surface area contributed by atoms with Crippen LogP contribution in [0.2, 0.25) is 0 Å². The molecule has 1 aromatic rings. The van der Waals surface area contributed by atoms with Crippen LogP contribution in [0.1, 0.15) is 27.2 Å². The quantitative estimate of drug-likeness (QED) is 0.876. The molecular weight excluding hydrogens is 266 g/mol. The van der Waals surface area contributed by atoms with Crippen LogP contribution in [0.25, 0.3) is 0 Å². The van der Waals surface area contributed by atoms with Crippen molar-refractivity contribution < 1.29 is 8.78 Å². The molecule has 1 atom stereocenters. The van der Waals surface area contributed by atoms with Crippen LogP contribution in [-0.2, 0) is 0 Å². The van der Waals surface area contributed by atoms with Gasteiger partial charge in [-0.25, -0.2) is 8.78 Å². The van der Waals surface area contributed by atoms with Gasteiger partial charge in [-0.15, -0.1) is 0 Å². The van der Waals surface area contributed by atoms with Gasteiger partial charge in [0.2, 0.25) is 0 Å². The van der Waals surface area contributed by atoms with Crippen molar-refractivity contribution in [3.05, 3.63) is 29.8 Å². The van der Waals surface area contributed by atoms with Gasteiger partial charge < -0.3 is 5.32 Å². The molecule has 5 heteroatoms. The summed E-state index contributed by atoms with van der Waals surface area (Å²) < 4.78 is 26.6. The third kappa shape index (κ3) is 4.20. The average Bonchev–Trinajstić information content (AvgIpc) is 2.68. The number of anilines is 1. The SMILES string of the molecule is CC(C)(C)CC1CN=C(Nc2cc(F)ccc2F)S1. The Morgan fingerprint density at radius 1 is 1.37 bits per heavy atom. The second kappa shape index (κ2) is 5.49. The van der Waals surface area contributed by atoms with Gasteiger partial charge in [0.1, 0.15) is 11.6 Å². The van der Waals surface area contributed by atoms with Crippen molar-refractivity contribution in [2.75, 3.05) is 11.9 Å². The van der Waals surface area contributed by atoms with E-state index in [1.165, 1.54) is 0 Å². The summed E-state index contributed by atoms with van der Waals surface area (Å²) >= 11 is 1.60. The Labute approximate surface area is 116 Å². The minimum atomic E-state index is -0.469. The number of rotatable bonds is 2. The van der Waals surface area contributed by atoms with Gasteiger partial charge in [0.15, 0.2) is 5.17 Å². The van der Waals surface area contributed by atoms with Gasteiger partial charge in [-0.2, -0.15) is 0 Å². The molecule has 1 unspecified atom stereocenters. The smallest absolute Gasteiger partial charge is 0.161 e. The van der Waals surface area contributed by atoms with E-state index in [1.807, 2.05) is 0 Å². The number of halogens is 2. The zero-order valence-electron chi connectivity index (χ0n) is 11.3. The zero-order chi connectivity index (χ0) is 14.0. The van der Waals surface area contributed by atoms with Gasteiger partial charge in [0.05, 0.1) is 12.2 Å². The van der Waals surface area contributed by atoms with Crippen LogP contribution in [0.5, 0.6) is 0 Å². The first kappa shape index (κ1) is 14.3. The number of nitrogens with one attached hydrogen (secondary N) is 1. The monoisotopic (exact) mass is 284 g/mol. The topological polar surface area (TPSA) is 24.4 Å². The molecule has 0 spiro atoms. The minimum Gasteiger partial charge on any atom is -0.332 e. The van der Waals surface area contributed by atoms with Crippen molar-refractivity contribution in [3.8, 4) is 0 Å². The van der Waals surface area contributed by atoms with Crippen molar-refractivity contribution in [3.63, 3.8) is 0 Å². The highest BCUT2D eigenvalue weighted by Gasteiger charge is 2.25. The standard InChI is InChI=1S/C14H18F2N2S/c1-14(2,3)7-10-8-17-13(19-10)18-12-6-9(15)4-5-11(12)16/h4-6,10H,7-8H2,1-3H3,(H,17,18). The van der Waals surface area contributed by atoms with E-state index in [0.717, 1.165) is 31.2 Å². The molecule has 0 bridgehead atoms. The van der Waals surface area contributed by atoms with Gasteiger partial charge in [-0.05, 0) is 24.0 Å². The van der Waals surface area contributed by atoms with E-state index in [0.29, 0.717) is 10.4 Å². The predicted molar refractivity (Wildman–Crippen MR) is 77.7 cm³/mol. The molecule has 1 aliphatic rings. The fraction of sp³-hybridized carbons (Fsp3) is 0.500. The number of thioether (sulfide) groups is 1. The fourth-order valence-electron chi connectivity index (χ4n) is 1.98. The largest absolute Gasteiger partial charge is 0.332 e. The highest BCUT2D eigenvalue weighted by Crippen LogP contribution is 2.32. The summed E-state index contributed by atoms with van der Waals surface area (Å²) in [4.78, 5) is 4.35. The molecule has 1 aliphatic heterocycles. The van der Waals surface area contributed by atoms with E-state index in [1.54, 1.807) is 11.8 Å². The summed E-state index contributed by atoms with van der Waals surface area (Å²) in [5.74, 6) is -0.928.